The Hall–Kier alpha value is -2.69. The van der Waals surface area contributed by atoms with Crippen LogP contribution in [0.3, 0.4) is 0 Å². The van der Waals surface area contributed by atoms with E-state index in [4.69, 9.17) is 21.6 Å². The molecule has 0 bridgehead atoms. The van der Waals surface area contributed by atoms with Gasteiger partial charge in [-0.1, -0.05) is 35.9 Å². The van der Waals surface area contributed by atoms with Gasteiger partial charge in [0.25, 0.3) is 0 Å². The van der Waals surface area contributed by atoms with Crippen LogP contribution in [0.25, 0.3) is 23.2 Å². The first-order chi connectivity index (χ1) is 12.3. The van der Waals surface area contributed by atoms with Gasteiger partial charge in [-0.05, 0) is 53.9 Å². The van der Waals surface area contributed by atoms with Gasteiger partial charge in [0.05, 0.1) is 11.0 Å². The molecule has 122 valence electrons. The Bertz CT molecular complexity index is 1040. The van der Waals surface area contributed by atoms with Crippen molar-refractivity contribution in [2.75, 3.05) is 5.32 Å². The van der Waals surface area contributed by atoms with E-state index in [1.165, 1.54) is 4.88 Å². The molecular weight excluding hydrogens is 350 g/mol. The fourth-order valence-electron chi connectivity index (χ4n) is 2.47. The zero-order chi connectivity index (χ0) is 17.1. The lowest BCUT2D eigenvalue weighted by Crippen LogP contribution is -1.99. The lowest BCUT2D eigenvalue weighted by Gasteiger charge is -2.10. The number of aromatic nitrogens is 2. The molecule has 2 heterocycles. The molecule has 4 aromatic rings. The summed E-state index contributed by atoms with van der Waals surface area (Å²) in [7, 11) is 0. The molecule has 0 saturated heterocycles. The number of benzene rings is 2. The summed E-state index contributed by atoms with van der Waals surface area (Å²) in [5.74, 6) is 0.703. The van der Waals surface area contributed by atoms with Crippen molar-refractivity contribution in [2.24, 2.45) is 0 Å². The highest BCUT2D eigenvalue weighted by Gasteiger charge is 2.07. The van der Waals surface area contributed by atoms with Crippen molar-refractivity contribution in [2.45, 2.75) is 0 Å². The van der Waals surface area contributed by atoms with Crippen molar-refractivity contribution in [3.8, 4) is 0 Å². The van der Waals surface area contributed by atoms with Gasteiger partial charge in [-0.15, -0.1) is 11.3 Å². The van der Waals surface area contributed by atoms with E-state index >= 15 is 0 Å². The van der Waals surface area contributed by atoms with E-state index in [2.05, 4.69) is 16.8 Å². The average Bonchev–Trinajstić information content (AvgIpc) is 3.13. The molecule has 3 nitrogen and oxygen atoms in total. The smallest absolute Gasteiger partial charge is 0.157 e. The molecule has 0 amide bonds. The van der Waals surface area contributed by atoms with Gasteiger partial charge in [0.15, 0.2) is 5.82 Å². The van der Waals surface area contributed by atoms with Crippen LogP contribution in [0.1, 0.15) is 10.6 Å². The summed E-state index contributed by atoms with van der Waals surface area (Å²) >= 11 is 7.77. The molecule has 2 aromatic heterocycles. The number of fused-ring (bicyclic) bond motifs is 1. The second kappa shape index (κ2) is 7.05. The summed E-state index contributed by atoms with van der Waals surface area (Å²) in [5, 5.41) is 6.06. The normalized spacial score (nSPS) is 11.2. The Kier molecular flexibility index (Phi) is 4.46. The number of anilines is 2. The van der Waals surface area contributed by atoms with Crippen LogP contribution in [0.4, 0.5) is 11.5 Å². The first-order valence-corrected chi connectivity index (χ1v) is 9.05. The van der Waals surface area contributed by atoms with Crippen LogP contribution in [0.15, 0.2) is 66.0 Å². The lowest BCUT2D eigenvalue weighted by molar-refractivity contribution is 1.26. The second-order valence-electron chi connectivity index (χ2n) is 5.43. The maximum atomic E-state index is 6.09. The van der Waals surface area contributed by atoms with Gasteiger partial charge >= 0.3 is 0 Å². The maximum Gasteiger partial charge on any atom is 0.157 e. The van der Waals surface area contributed by atoms with Crippen molar-refractivity contribution in [1.29, 1.82) is 0 Å². The number of nitrogens with zero attached hydrogens (tertiary/aromatic N) is 2. The highest BCUT2D eigenvalue weighted by molar-refractivity contribution is 7.10. The molecule has 2 aromatic carbocycles. The molecule has 0 spiro atoms. The topological polar surface area (TPSA) is 37.8 Å². The third kappa shape index (κ3) is 3.71. The SMILES string of the molecule is Clc1cccc(Nc2nc3ccccc3nc2C=Cc2cccs2)c1. The molecule has 0 fully saturated rings. The predicted molar refractivity (Wildman–Crippen MR) is 108 cm³/mol. The number of nitrogens with one attached hydrogen (secondary N) is 1. The van der Waals surface area contributed by atoms with E-state index in [1.807, 2.05) is 66.7 Å². The molecule has 0 unspecified atom stereocenters. The standard InChI is InChI=1S/C20H14ClN3S/c21-14-5-3-6-15(13-14)22-20-19(11-10-16-7-4-12-25-16)23-17-8-1-2-9-18(17)24-20/h1-13H,(H,22,24). The Morgan fingerprint density at radius 3 is 2.48 bits per heavy atom. The van der Waals surface area contributed by atoms with Crippen LogP contribution < -0.4 is 5.32 Å². The minimum atomic E-state index is 0.675. The fraction of sp³-hybridized carbons (Fsp3) is 0. The summed E-state index contributed by atoms with van der Waals surface area (Å²) in [6.45, 7) is 0. The van der Waals surface area contributed by atoms with Gasteiger partial charge in [0, 0.05) is 15.6 Å². The molecule has 0 atom stereocenters. The third-order valence-corrected chi connectivity index (χ3v) is 4.71. The van der Waals surface area contributed by atoms with Gasteiger partial charge in [-0.25, -0.2) is 9.97 Å². The van der Waals surface area contributed by atoms with Crippen molar-refractivity contribution in [3.05, 3.63) is 81.6 Å². The minimum absolute atomic E-state index is 0.675. The summed E-state index contributed by atoms with van der Waals surface area (Å²) in [4.78, 5) is 10.7. The Labute approximate surface area is 154 Å². The van der Waals surface area contributed by atoms with Gasteiger partial charge in [0.2, 0.25) is 0 Å². The van der Waals surface area contributed by atoms with E-state index in [-0.39, 0.29) is 0 Å². The maximum absolute atomic E-state index is 6.09. The quantitative estimate of drug-likeness (QED) is 0.465. The van der Waals surface area contributed by atoms with E-state index in [0.717, 1.165) is 22.4 Å². The van der Waals surface area contributed by atoms with Crippen molar-refractivity contribution >= 4 is 57.6 Å². The number of para-hydroxylation sites is 2. The average molecular weight is 364 g/mol. The first-order valence-electron chi connectivity index (χ1n) is 7.79. The lowest BCUT2D eigenvalue weighted by atomic mass is 10.2. The molecular formula is C20H14ClN3S. The zero-order valence-electron chi connectivity index (χ0n) is 13.2. The van der Waals surface area contributed by atoms with Crippen LogP contribution >= 0.6 is 22.9 Å². The van der Waals surface area contributed by atoms with Gasteiger partial charge in [-0.2, -0.15) is 0 Å². The van der Waals surface area contributed by atoms with E-state index in [0.29, 0.717) is 10.8 Å². The molecule has 0 aliphatic heterocycles. The molecule has 5 heteroatoms. The molecule has 25 heavy (non-hydrogen) atoms. The van der Waals surface area contributed by atoms with Crippen LogP contribution in [0, 0.1) is 0 Å². The Morgan fingerprint density at radius 1 is 0.880 bits per heavy atom. The third-order valence-electron chi connectivity index (χ3n) is 3.63. The number of halogens is 1. The van der Waals surface area contributed by atoms with Crippen LogP contribution in [-0.4, -0.2) is 9.97 Å². The predicted octanol–water partition coefficient (Wildman–Crippen LogP) is 6.26. The van der Waals surface area contributed by atoms with Crippen LogP contribution in [-0.2, 0) is 0 Å². The van der Waals surface area contributed by atoms with Crippen LogP contribution in [0.5, 0.6) is 0 Å². The van der Waals surface area contributed by atoms with Crippen molar-refractivity contribution < 1.29 is 0 Å². The molecule has 0 saturated carbocycles. The molecule has 0 radical (unpaired) electrons. The van der Waals surface area contributed by atoms with Crippen LogP contribution in [0.2, 0.25) is 5.02 Å². The minimum Gasteiger partial charge on any atom is -0.338 e. The second-order valence-corrected chi connectivity index (χ2v) is 6.85. The van der Waals surface area contributed by atoms with E-state index in [1.54, 1.807) is 11.3 Å². The highest BCUT2D eigenvalue weighted by atomic mass is 35.5. The molecule has 0 aliphatic carbocycles. The van der Waals surface area contributed by atoms with Gasteiger partial charge in [0.1, 0.15) is 5.69 Å². The van der Waals surface area contributed by atoms with Gasteiger partial charge < -0.3 is 5.32 Å². The summed E-state index contributed by atoms with van der Waals surface area (Å²) in [6, 6.07) is 19.5. The molecule has 1 N–H and O–H groups in total. The van der Waals surface area contributed by atoms with Crippen molar-refractivity contribution in [1.82, 2.24) is 9.97 Å². The fourth-order valence-corrected chi connectivity index (χ4v) is 3.28. The number of hydrogen-bond acceptors (Lipinski definition) is 4. The largest absolute Gasteiger partial charge is 0.338 e. The van der Waals surface area contributed by atoms with E-state index < -0.39 is 0 Å². The molecule has 0 aliphatic rings. The summed E-state index contributed by atoms with van der Waals surface area (Å²) in [5.41, 5.74) is 3.38. The van der Waals surface area contributed by atoms with Crippen molar-refractivity contribution in [3.63, 3.8) is 0 Å². The number of rotatable bonds is 4. The number of thiophene rings is 1. The van der Waals surface area contributed by atoms with Gasteiger partial charge in [-0.3, -0.25) is 0 Å². The monoisotopic (exact) mass is 363 g/mol. The van der Waals surface area contributed by atoms with E-state index in [9.17, 15) is 0 Å². The summed E-state index contributed by atoms with van der Waals surface area (Å²) < 4.78 is 0. The molecule has 4 rings (SSSR count). The highest BCUT2D eigenvalue weighted by Crippen LogP contribution is 2.25. The first kappa shape index (κ1) is 15.8. The Balaban J connectivity index is 1.78. The zero-order valence-corrected chi connectivity index (χ0v) is 14.8. The summed E-state index contributed by atoms with van der Waals surface area (Å²) in [6.07, 6.45) is 4.03. The number of hydrogen-bond donors (Lipinski definition) is 1. The Morgan fingerprint density at radius 2 is 1.72 bits per heavy atom.